The molecule has 6 nitrogen and oxygen atoms in total. The third-order valence-corrected chi connectivity index (χ3v) is 6.01. The molecule has 160 valence electrons. The SMILES string of the molecule is O=[N+]([O-])c1ccccc1-n1nc(C(c2ccccc2)c2ccccc2)c2c1NCCCC2. The minimum absolute atomic E-state index is 0.0476. The standard InChI is InChI=1S/C26H24N4O2/c31-30(32)23-17-8-7-16-22(23)29-26-21(15-9-10-18-27-26)25(28-29)24(19-11-3-1-4-12-19)20-13-5-2-6-14-20/h1-8,11-14,16-17,24,27H,9-10,15,18H2. The maximum atomic E-state index is 11.8. The Balaban J connectivity index is 1.76. The van der Waals surface area contributed by atoms with Crippen molar-refractivity contribution in [2.45, 2.75) is 25.2 Å². The minimum atomic E-state index is -0.342. The van der Waals surface area contributed by atoms with Gasteiger partial charge < -0.3 is 5.32 Å². The molecule has 0 spiro atoms. The van der Waals surface area contributed by atoms with E-state index in [9.17, 15) is 10.1 Å². The summed E-state index contributed by atoms with van der Waals surface area (Å²) >= 11 is 0. The number of nitrogens with one attached hydrogen (secondary N) is 1. The maximum Gasteiger partial charge on any atom is 0.294 e. The lowest BCUT2D eigenvalue weighted by atomic mass is 9.86. The second kappa shape index (κ2) is 8.67. The third-order valence-electron chi connectivity index (χ3n) is 6.01. The number of hydrogen-bond acceptors (Lipinski definition) is 4. The Hall–Kier alpha value is -3.93. The van der Waals surface area contributed by atoms with Crippen molar-refractivity contribution in [2.75, 3.05) is 11.9 Å². The average molecular weight is 425 g/mol. The van der Waals surface area contributed by atoms with Crippen LogP contribution >= 0.6 is 0 Å². The summed E-state index contributed by atoms with van der Waals surface area (Å²) in [5, 5.41) is 20.3. The number of fused-ring (bicyclic) bond motifs is 1. The number of para-hydroxylation sites is 2. The second-order valence-corrected chi connectivity index (χ2v) is 8.01. The largest absolute Gasteiger partial charge is 0.370 e. The van der Waals surface area contributed by atoms with Gasteiger partial charge in [0, 0.05) is 18.2 Å². The van der Waals surface area contributed by atoms with Gasteiger partial charge in [-0.2, -0.15) is 5.10 Å². The van der Waals surface area contributed by atoms with E-state index in [1.54, 1.807) is 16.8 Å². The van der Waals surface area contributed by atoms with Crippen LogP contribution in [0.1, 0.15) is 41.1 Å². The van der Waals surface area contributed by atoms with Crippen molar-refractivity contribution in [3.8, 4) is 5.69 Å². The summed E-state index contributed by atoms with van der Waals surface area (Å²) < 4.78 is 1.74. The number of rotatable bonds is 5. The lowest BCUT2D eigenvalue weighted by molar-refractivity contribution is -0.384. The lowest BCUT2D eigenvalue weighted by Crippen LogP contribution is -2.09. The molecular formula is C26H24N4O2. The number of anilines is 1. The summed E-state index contributed by atoms with van der Waals surface area (Å²) in [6, 6.07) is 27.5. The van der Waals surface area contributed by atoms with Crippen LogP contribution in [0.2, 0.25) is 0 Å². The van der Waals surface area contributed by atoms with E-state index in [2.05, 4.69) is 29.6 Å². The number of nitrogens with zero attached hydrogens (tertiary/aromatic N) is 3. The van der Waals surface area contributed by atoms with Crippen LogP contribution < -0.4 is 5.32 Å². The van der Waals surface area contributed by atoms with Crippen molar-refractivity contribution in [3.05, 3.63) is 117 Å². The van der Waals surface area contributed by atoms with Gasteiger partial charge in [-0.3, -0.25) is 10.1 Å². The smallest absolute Gasteiger partial charge is 0.294 e. The molecule has 4 aromatic rings. The van der Waals surface area contributed by atoms with Gasteiger partial charge in [0.2, 0.25) is 0 Å². The molecule has 1 N–H and O–H groups in total. The average Bonchev–Trinajstić information content (AvgIpc) is 3.01. The van der Waals surface area contributed by atoms with Gasteiger partial charge in [0.15, 0.2) is 0 Å². The van der Waals surface area contributed by atoms with E-state index < -0.39 is 0 Å². The van der Waals surface area contributed by atoms with Crippen molar-refractivity contribution in [3.63, 3.8) is 0 Å². The Labute approximate surface area is 186 Å². The van der Waals surface area contributed by atoms with E-state index >= 15 is 0 Å². The van der Waals surface area contributed by atoms with Crippen LogP contribution in [0.4, 0.5) is 11.5 Å². The highest BCUT2D eigenvalue weighted by molar-refractivity contribution is 5.62. The monoisotopic (exact) mass is 424 g/mol. The molecular weight excluding hydrogens is 400 g/mol. The molecule has 2 heterocycles. The Morgan fingerprint density at radius 1 is 0.875 bits per heavy atom. The van der Waals surface area contributed by atoms with Crippen molar-refractivity contribution < 1.29 is 4.92 Å². The molecule has 0 unspecified atom stereocenters. The lowest BCUT2D eigenvalue weighted by Gasteiger charge is -2.18. The molecule has 0 radical (unpaired) electrons. The van der Waals surface area contributed by atoms with E-state index in [0.29, 0.717) is 5.69 Å². The van der Waals surface area contributed by atoms with Gasteiger partial charge in [-0.1, -0.05) is 72.8 Å². The molecule has 6 heteroatoms. The van der Waals surface area contributed by atoms with Crippen molar-refractivity contribution in [1.29, 1.82) is 0 Å². The van der Waals surface area contributed by atoms with E-state index in [1.165, 1.54) is 6.07 Å². The normalized spacial score (nSPS) is 13.3. The van der Waals surface area contributed by atoms with Crippen LogP contribution in [0.5, 0.6) is 0 Å². The second-order valence-electron chi connectivity index (χ2n) is 8.01. The summed E-state index contributed by atoms with van der Waals surface area (Å²) in [5.74, 6) is 0.804. The third kappa shape index (κ3) is 3.64. The zero-order chi connectivity index (χ0) is 21.9. The number of nitro groups is 1. The zero-order valence-electron chi connectivity index (χ0n) is 17.6. The summed E-state index contributed by atoms with van der Waals surface area (Å²) in [7, 11) is 0. The summed E-state index contributed by atoms with van der Waals surface area (Å²) in [6.07, 6.45) is 2.98. The molecule has 32 heavy (non-hydrogen) atoms. The Morgan fingerprint density at radius 3 is 2.16 bits per heavy atom. The zero-order valence-corrected chi connectivity index (χ0v) is 17.6. The van der Waals surface area contributed by atoms with Gasteiger partial charge in [0.25, 0.3) is 5.69 Å². The van der Waals surface area contributed by atoms with Crippen LogP contribution in [0.25, 0.3) is 5.69 Å². The first-order chi connectivity index (χ1) is 15.7. The van der Waals surface area contributed by atoms with E-state index in [-0.39, 0.29) is 16.5 Å². The highest BCUT2D eigenvalue weighted by Crippen LogP contribution is 2.39. The summed E-state index contributed by atoms with van der Waals surface area (Å²) in [4.78, 5) is 11.4. The molecule has 0 bridgehead atoms. The van der Waals surface area contributed by atoms with Crippen LogP contribution in [-0.4, -0.2) is 21.2 Å². The number of hydrogen-bond donors (Lipinski definition) is 1. The van der Waals surface area contributed by atoms with Gasteiger partial charge in [-0.25, -0.2) is 4.68 Å². The van der Waals surface area contributed by atoms with E-state index in [4.69, 9.17) is 5.10 Å². The van der Waals surface area contributed by atoms with Gasteiger partial charge in [-0.15, -0.1) is 0 Å². The van der Waals surface area contributed by atoms with Crippen LogP contribution in [0.3, 0.4) is 0 Å². The molecule has 0 atom stereocenters. The Kier molecular flexibility index (Phi) is 5.42. The molecule has 0 saturated carbocycles. The predicted octanol–water partition coefficient (Wildman–Crippen LogP) is 5.71. The molecule has 3 aromatic carbocycles. The molecule has 0 fully saturated rings. The highest BCUT2D eigenvalue weighted by atomic mass is 16.6. The highest BCUT2D eigenvalue weighted by Gasteiger charge is 2.30. The molecule has 5 rings (SSSR count). The van der Waals surface area contributed by atoms with Crippen molar-refractivity contribution in [1.82, 2.24) is 9.78 Å². The van der Waals surface area contributed by atoms with Gasteiger partial charge in [0.1, 0.15) is 11.5 Å². The van der Waals surface area contributed by atoms with Crippen molar-refractivity contribution in [2.24, 2.45) is 0 Å². The van der Waals surface area contributed by atoms with Gasteiger partial charge in [0.05, 0.1) is 16.5 Å². The molecule has 1 aliphatic heterocycles. The Bertz CT molecular complexity index is 1200. The van der Waals surface area contributed by atoms with Gasteiger partial charge >= 0.3 is 0 Å². The first-order valence-electron chi connectivity index (χ1n) is 10.9. The van der Waals surface area contributed by atoms with Crippen LogP contribution in [-0.2, 0) is 6.42 Å². The van der Waals surface area contributed by atoms with E-state index in [0.717, 1.165) is 54.0 Å². The quantitative estimate of drug-likeness (QED) is 0.329. The fraction of sp³-hybridized carbons (Fsp3) is 0.192. The number of aromatic nitrogens is 2. The molecule has 1 aliphatic rings. The minimum Gasteiger partial charge on any atom is -0.370 e. The predicted molar refractivity (Wildman–Crippen MR) is 125 cm³/mol. The topological polar surface area (TPSA) is 73.0 Å². The first-order valence-corrected chi connectivity index (χ1v) is 10.9. The van der Waals surface area contributed by atoms with Crippen LogP contribution in [0, 0.1) is 10.1 Å². The maximum absolute atomic E-state index is 11.8. The molecule has 0 saturated heterocycles. The number of benzene rings is 3. The summed E-state index contributed by atoms with van der Waals surface area (Å²) in [5.41, 5.74) is 4.92. The molecule has 0 amide bonds. The number of nitro benzene ring substituents is 1. The molecule has 0 aliphatic carbocycles. The molecule has 1 aromatic heterocycles. The first kappa shape index (κ1) is 20.0. The van der Waals surface area contributed by atoms with Crippen LogP contribution in [0.15, 0.2) is 84.9 Å². The fourth-order valence-electron chi connectivity index (χ4n) is 4.53. The van der Waals surface area contributed by atoms with Gasteiger partial charge in [-0.05, 0) is 36.5 Å². The van der Waals surface area contributed by atoms with Crippen molar-refractivity contribution >= 4 is 11.5 Å². The van der Waals surface area contributed by atoms with E-state index in [1.807, 2.05) is 42.5 Å². The fourth-order valence-corrected chi connectivity index (χ4v) is 4.53. The summed E-state index contributed by atoms with van der Waals surface area (Å²) in [6.45, 7) is 0.820. The Morgan fingerprint density at radius 2 is 1.50 bits per heavy atom.